The Morgan fingerprint density at radius 3 is 0.727 bits per heavy atom. The molecule has 143 heavy (non-hydrogen) atoms. The summed E-state index contributed by atoms with van der Waals surface area (Å²) in [5, 5.41) is 28.1. The van der Waals surface area contributed by atoms with Gasteiger partial charge >= 0.3 is 70.8 Å². The number of aliphatic hydroxyl groups is 2. The maximum Gasteiger partial charge on any atom is 1.00 e. The van der Waals surface area contributed by atoms with Crippen LogP contribution in [0, 0.1) is 175 Å². The van der Waals surface area contributed by atoms with Crippen molar-refractivity contribution in [1.29, 1.82) is 0 Å². The summed E-state index contributed by atoms with van der Waals surface area (Å²) in [5.41, 5.74) is 16.8. The minimum absolute atomic E-state index is 0. The molecule has 23 nitrogen and oxygen atoms in total. The number of nitrogens with zero attached hydrogens (tertiary/aromatic N) is 9. The Kier molecular flexibility index (Phi) is 61.4. The van der Waals surface area contributed by atoms with E-state index >= 15 is 0 Å². The predicted octanol–water partition coefficient (Wildman–Crippen LogP) is 25.7. The summed E-state index contributed by atoms with van der Waals surface area (Å²) in [6, 6.07) is 1.72. The number of aromatic carboxylic acids is 1. The largest absolute Gasteiger partial charge is 1.00 e. The molecule has 0 saturated carbocycles. The molecule has 8 aromatic rings. The summed E-state index contributed by atoms with van der Waals surface area (Å²) >= 11 is 3.30. The smallest absolute Gasteiger partial charge is 0.478 e. The van der Waals surface area contributed by atoms with E-state index in [-0.39, 0.29) is 54.3 Å². The molecule has 0 spiro atoms. The van der Waals surface area contributed by atoms with Crippen molar-refractivity contribution in [2.75, 3.05) is 39.6 Å². The van der Waals surface area contributed by atoms with Crippen molar-refractivity contribution in [2.45, 2.75) is 138 Å². The van der Waals surface area contributed by atoms with Crippen LogP contribution in [0.5, 0.6) is 0 Å². The number of azide groups is 2. The van der Waals surface area contributed by atoms with E-state index in [1.165, 1.54) is 88.0 Å². The van der Waals surface area contributed by atoms with Crippen LogP contribution in [0.15, 0.2) is 28.4 Å². The molecule has 0 saturated heterocycles. The van der Waals surface area contributed by atoms with Gasteiger partial charge in [0.25, 0.3) is 5.24 Å². The van der Waals surface area contributed by atoms with Crippen molar-refractivity contribution in [3.05, 3.63) is 302 Å². The molecule has 0 bridgehead atoms. The molecule has 8 rings (SSSR count). The number of benzene rings is 8. The maximum absolute atomic E-state index is 14.7. The first-order chi connectivity index (χ1) is 65.5. The third-order valence-corrected chi connectivity index (χ3v) is 17.0. The van der Waals surface area contributed by atoms with E-state index in [9.17, 15) is 160 Å². The Labute approximate surface area is 843 Å². The van der Waals surface area contributed by atoms with Gasteiger partial charge in [0.2, 0.25) is 9.23 Å². The van der Waals surface area contributed by atoms with Gasteiger partial charge in [-0.2, -0.15) is 0 Å². The number of hydrogen-bond donors (Lipinski definition) is 3. The molecular formula is C81H67AlCl6F30N9NaO14S. The van der Waals surface area contributed by atoms with Crippen LogP contribution in [0.3, 0.4) is 0 Å². The quantitative estimate of drug-likeness (QED) is 0.00485. The minimum Gasteiger partial charge on any atom is -0.478 e. The van der Waals surface area contributed by atoms with Gasteiger partial charge in [0.1, 0.15) is 77.3 Å². The number of halogens is 36. The fraction of sp³-hybridized carbons (Fsp3) is 0.333. The number of rotatable bonds is 22. The molecule has 0 aliphatic heterocycles. The third kappa shape index (κ3) is 37.4. The first kappa shape index (κ1) is 137. The Morgan fingerprint density at radius 1 is 0.329 bits per heavy atom. The molecule has 0 unspecified atom stereocenters. The van der Waals surface area contributed by atoms with Gasteiger partial charge in [-0.05, 0) is 87.9 Å². The molecule has 0 heterocycles. The van der Waals surface area contributed by atoms with E-state index < -0.39 is 370 Å². The molecule has 0 amide bonds. The molecular weight excluding hydrogens is 2190 g/mol. The molecule has 0 fully saturated rings. The van der Waals surface area contributed by atoms with E-state index in [1.54, 1.807) is 13.8 Å². The van der Waals surface area contributed by atoms with Crippen LogP contribution >= 0.6 is 63.1 Å². The molecule has 0 aliphatic carbocycles. The van der Waals surface area contributed by atoms with E-state index in [0.717, 1.165) is 0 Å². The van der Waals surface area contributed by atoms with Crippen LogP contribution < -0.4 is 29.6 Å². The third-order valence-electron chi connectivity index (χ3n) is 16.8. The molecule has 782 valence electrons. The van der Waals surface area contributed by atoms with Crippen LogP contribution in [-0.4, -0.2) is 106 Å². The summed E-state index contributed by atoms with van der Waals surface area (Å²) in [5.74, 6) is -68.2. The van der Waals surface area contributed by atoms with Crippen LogP contribution in [0.2, 0.25) is 0 Å². The number of carbonyl (C=O) groups excluding carboxylic acids is 5. The second-order valence-electron chi connectivity index (χ2n) is 28.4. The fourth-order valence-corrected chi connectivity index (χ4v) is 11.2. The van der Waals surface area contributed by atoms with Crippen LogP contribution in [0.4, 0.5) is 143 Å². The SMILES string of the molecule is CC(C)c1c(F)c(F)c(F)c(F)c1C(=O)Cl.CC(C)c1c(F)c(F)c(F)c(F)c1C(=O)O.CC(C)c1c(F)c(F)c(F)c(F)c1C(=O)OCCOC(=O)c1c(F)c(F)c(F)c(F)c1C(C)C.CC(C)c1c(F)c(N=[N+]=[N-])c(F)c(F)c1C(=O)OCCOC(=O)c1c(F)c(F)c(N=[N+]=[N-])c(F)c1C(C)C.CC(C)c1cc(F)c(F)c(F)c1F.Fc1ccc(F)c(F)c1F.O=S(Cl)Cl.OCCO.[Cl][Al]([Cl])[Cl].[N-]=[N+]=[N-].[Na+]. The van der Waals surface area contributed by atoms with E-state index in [1.807, 2.05) is 0 Å². The monoisotopic (exact) mass is 2250 g/mol. The van der Waals surface area contributed by atoms with Gasteiger partial charge in [-0.1, -0.05) is 107 Å². The number of carbonyl (C=O) groups is 6. The number of aliphatic hydroxyl groups excluding tert-OH is 2. The number of hydrogen-bond acceptors (Lipinski definition) is 15. The van der Waals surface area contributed by atoms with Crippen molar-refractivity contribution >= 4 is 130 Å². The Balaban J connectivity index is -0.00000168. The fourth-order valence-electron chi connectivity index (χ4n) is 11.0. The first-order valence-corrected chi connectivity index (χ1v) is 46.4. The summed E-state index contributed by atoms with van der Waals surface area (Å²) in [7, 11) is 22.2. The van der Waals surface area contributed by atoms with Crippen molar-refractivity contribution < 1.29 is 229 Å². The topological polar surface area (TPSA) is 373 Å². The molecule has 8 aromatic carbocycles. The Morgan fingerprint density at radius 2 is 0.517 bits per heavy atom. The normalized spacial score (nSPS) is 10.4. The number of carboxylic acids is 1. The molecule has 3 N–H and O–H groups in total. The van der Waals surface area contributed by atoms with Gasteiger partial charge in [-0.3, -0.25) is 9.71 Å². The van der Waals surface area contributed by atoms with E-state index in [4.69, 9.17) is 92.9 Å². The van der Waals surface area contributed by atoms with Crippen LogP contribution in [0.1, 0.15) is 239 Å². The van der Waals surface area contributed by atoms with Crippen molar-refractivity contribution in [3.63, 3.8) is 0 Å². The number of ether oxygens (including phenoxy) is 4. The van der Waals surface area contributed by atoms with Crippen molar-refractivity contribution in [2.24, 2.45) is 10.2 Å². The maximum atomic E-state index is 14.7. The summed E-state index contributed by atoms with van der Waals surface area (Å²) in [4.78, 5) is 76.7. The molecule has 0 aromatic heterocycles. The molecule has 0 aliphatic rings. The first-order valence-electron chi connectivity index (χ1n) is 38.0. The Bertz CT molecular complexity index is 5790. The van der Waals surface area contributed by atoms with E-state index in [0.29, 0.717) is 18.2 Å². The summed E-state index contributed by atoms with van der Waals surface area (Å²) < 4.78 is 428. The summed E-state index contributed by atoms with van der Waals surface area (Å²) in [6.07, 6.45) is 0. The average molecular weight is 2260 g/mol. The molecule has 0 radical (unpaired) electrons. The van der Waals surface area contributed by atoms with Gasteiger partial charge in [-0.25, -0.2) is 190 Å². The standard InChI is InChI=1S/C22H18F8O4.C22H18F6N6O4.C10H7ClF4O.C10H8F4O2.C9H8F4.C6H2F4.C2H6O2.Al.Cl2OS.3ClH.N3.Na/c1-7(2)9-11(15(25)19(29)17(27)13(9)23)21(31)33-5-6-34-22(32)12-10(8(3)4)14(24)18(28)20(30)16(12)26;1-7(2)9-11(13(23)17(27)19(15(9)25)31-33-29)21(35)37-5-6-38-22(36)12-10(8(3)4)16(26)20(32-34-30)18(28)14(12)24;1-3(2)4-5(10(11)16)7(13)9(15)8(14)6(4)12;1-3(2)4-5(10(15)16)7(12)9(14)8(13)6(4)11;1-4(2)5-3-6(10)8(12)9(13)7(5)11;7-3-1-2-4(8)6(10)5(3)9;3-1-2-4;;1-4(2)3;;;;1-3-2;/h7-8H,5-6H2,1-4H3;7-8H,5-6H2,1-4H3;3H,1-2H3;3H,1-2H3,(H,15,16);3-4H,1-2H3;1-2H;3-4H,1-2H2;;;3*1H;;/q;;;;;;;+3;;;;;-1;+1/p-3. The van der Waals surface area contributed by atoms with Gasteiger partial charge in [0.05, 0.1) is 18.8 Å². The van der Waals surface area contributed by atoms with Crippen LogP contribution in [0.25, 0.3) is 36.9 Å². The van der Waals surface area contributed by atoms with Gasteiger partial charge in [0, 0.05) is 64.6 Å². The summed E-state index contributed by atoms with van der Waals surface area (Å²) in [6.45, 7) is 15.4. The van der Waals surface area contributed by atoms with Gasteiger partial charge < -0.3 is 45.3 Å². The zero-order valence-corrected chi connectivity index (χ0v) is 83.5. The van der Waals surface area contributed by atoms with E-state index in [2.05, 4.69) is 50.9 Å². The van der Waals surface area contributed by atoms with Crippen molar-refractivity contribution in [1.82, 2.24) is 0 Å². The second kappa shape index (κ2) is 64.1. The second-order valence-corrected chi connectivity index (χ2v) is 37.7. The minimum atomic E-state index is -2.24. The van der Waals surface area contributed by atoms with Crippen LogP contribution in [-0.2, 0) is 28.2 Å². The van der Waals surface area contributed by atoms with Gasteiger partial charge in [-0.15, -0.1) is 0 Å². The zero-order valence-electron chi connectivity index (χ0n) is 75.0. The predicted molar refractivity (Wildman–Crippen MR) is 452 cm³/mol. The van der Waals surface area contributed by atoms with Crippen molar-refractivity contribution in [3.8, 4) is 0 Å². The molecule has 0 atom stereocenters. The average Bonchev–Trinajstić information content (AvgIpc) is 0.749. The Hall–Kier alpha value is -10.0. The van der Waals surface area contributed by atoms with Gasteiger partial charge in [0.15, 0.2) is 163 Å². The molecule has 62 heteroatoms. The number of carboxylic acid groups (broad SMARTS) is 1. The number of esters is 4. The zero-order chi connectivity index (χ0) is 111.